The Morgan fingerprint density at radius 1 is 1.11 bits per heavy atom. The highest BCUT2D eigenvalue weighted by molar-refractivity contribution is 6.42. The molecule has 3 rings (SSSR count). The lowest BCUT2D eigenvalue weighted by Crippen LogP contribution is -2.42. The molecule has 182 valence electrons. The van der Waals surface area contributed by atoms with Gasteiger partial charge in [-0.05, 0) is 36.3 Å². The van der Waals surface area contributed by atoms with Gasteiger partial charge in [0.15, 0.2) is 12.3 Å². The Morgan fingerprint density at radius 2 is 1.83 bits per heavy atom. The number of aromatic amines is 1. The maximum atomic E-state index is 12.8. The van der Waals surface area contributed by atoms with Gasteiger partial charge in [-0.3, -0.25) is 19.1 Å². The Labute approximate surface area is 210 Å². The van der Waals surface area contributed by atoms with Crippen molar-refractivity contribution in [1.29, 1.82) is 0 Å². The Bertz CT molecular complexity index is 1380. The lowest BCUT2D eigenvalue weighted by molar-refractivity contribution is -0.142. The molecule has 0 fully saturated rings. The number of carbonyl (C=O) groups excluding carboxylic acids is 2. The quantitative estimate of drug-likeness (QED) is 0.349. The van der Waals surface area contributed by atoms with Gasteiger partial charge in [-0.25, -0.2) is 9.59 Å². The van der Waals surface area contributed by atoms with Crippen molar-refractivity contribution in [3.05, 3.63) is 96.6 Å². The normalized spacial score (nSPS) is 10.9. The van der Waals surface area contributed by atoms with Gasteiger partial charge in [0, 0.05) is 12.6 Å². The van der Waals surface area contributed by atoms with Gasteiger partial charge in [0.05, 0.1) is 16.6 Å². The number of amides is 1. The number of rotatable bonds is 8. The minimum atomic E-state index is -0.821. The molecule has 0 unspecified atom stereocenters. The number of hydrogen-bond acceptors (Lipinski definition) is 6. The summed E-state index contributed by atoms with van der Waals surface area (Å²) < 4.78 is 6.18. The zero-order valence-corrected chi connectivity index (χ0v) is 20.2. The number of aromatic nitrogens is 2. The molecular weight excluding hydrogens is 495 g/mol. The molecule has 9 nitrogen and oxygen atoms in total. The third kappa shape index (κ3) is 6.40. The van der Waals surface area contributed by atoms with E-state index in [-0.39, 0.29) is 24.6 Å². The Kier molecular flexibility index (Phi) is 8.51. The summed E-state index contributed by atoms with van der Waals surface area (Å²) in [4.78, 5) is 53.0. The number of nitrogens with two attached hydrogens (primary N) is 1. The fraction of sp³-hybridized carbons (Fsp3) is 0.167. The van der Waals surface area contributed by atoms with Crippen LogP contribution in [0, 0.1) is 0 Å². The zero-order chi connectivity index (χ0) is 25.5. The van der Waals surface area contributed by atoms with Gasteiger partial charge in [-0.2, -0.15) is 0 Å². The van der Waals surface area contributed by atoms with Crippen LogP contribution >= 0.6 is 23.2 Å². The summed E-state index contributed by atoms with van der Waals surface area (Å²) in [7, 11) is 0. The van der Waals surface area contributed by atoms with Crippen LogP contribution in [-0.2, 0) is 20.9 Å². The third-order valence-corrected chi connectivity index (χ3v) is 5.72. The largest absolute Gasteiger partial charge is 0.452 e. The number of benzene rings is 2. The number of halogens is 2. The Morgan fingerprint density at radius 3 is 2.49 bits per heavy atom. The second-order valence-corrected chi connectivity index (χ2v) is 8.13. The molecule has 3 N–H and O–H groups in total. The summed E-state index contributed by atoms with van der Waals surface area (Å²) in [6, 6.07) is 13.8. The van der Waals surface area contributed by atoms with E-state index in [1.54, 1.807) is 49.4 Å². The standard InChI is InChI=1S/C24H22Cl2N4O5/c1-2-29(19(31)14-35-20(32)11-9-15-8-10-17(25)18(26)12-15)21-22(27)30(24(34)28-23(21)33)13-16-6-4-3-5-7-16/h3-12H,2,13-14,27H2,1H3,(H,28,33,34)/b11-9+. The molecule has 0 saturated heterocycles. The van der Waals surface area contributed by atoms with E-state index in [4.69, 9.17) is 33.7 Å². The van der Waals surface area contributed by atoms with Gasteiger partial charge in [-0.1, -0.05) is 59.6 Å². The van der Waals surface area contributed by atoms with Crippen LogP contribution in [0.25, 0.3) is 6.08 Å². The number of likely N-dealkylation sites (N-methyl/N-ethyl adjacent to an activating group) is 1. The lowest BCUT2D eigenvalue weighted by atomic mass is 10.2. The van der Waals surface area contributed by atoms with E-state index in [0.717, 1.165) is 21.1 Å². The van der Waals surface area contributed by atoms with E-state index < -0.39 is 29.7 Å². The fourth-order valence-electron chi connectivity index (χ4n) is 3.26. The van der Waals surface area contributed by atoms with Gasteiger partial charge in [0.25, 0.3) is 11.5 Å². The second kappa shape index (κ2) is 11.5. The molecule has 0 aliphatic heterocycles. The molecule has 0 radical (unpaired) electrons. The van der Waals surface area contributed by atoms with E-state index in [0.29, 0.717) is 15.6 Å². The van der Waals surface area contributed by atoms with Crippen molar-refractivity contribution in [2.45, 2.75) is 13.5 Å². The van der Waals surface area contributed by atoms with Crippen LogP contribution < -0.4 is 21.9 Å². The predicted molar refractivity (Wildman–Crippen MR) is 136 cm³/mol. The van der Waals surface area contributed by atoms with Crippen LogP contribution in [0.5, 0.6) is 0 Å². The van der Waals surface area contributed by atoms with Crippen molar-refractivity contribution < 1.29 is 14.3 Å². The number of nitrogens with zero attached hydrogens (tertiary/aromatic N) is 2. The highest BCUT2D eigenvalue weighted by Gasteiger charge is 2.23. The van der Waals surface area contributed by atoms with E-state index >= 15 is 0 Å². The number of anilines is 2. The van der Waals surface area contributed by atoms with E-state index in [2.05, 4.69) is 4.98 Å². The number of hydrogen-bond donors (Lipinski definition) is 2. The zero-order valence-electron chi connectivity index (χ0n) is 18.7. The molecular formula is C24H22Cl2N4O5. The van der Waals surface area contributed by atoms with Crippen LogP contribution in [0.15, 0.2) is 64.2 Å². The summed E-state index contributed by atoms with van der Waals surface area (Å²) in [5.41, 5.74) is 5.81. The number of carbonyl (C=O) groups is 2. The number of ether oxygens (including phenoxy) is 1. The van der Waals surface area contributed by atoms with Gasteiger partial charge in [-0.15, -0.1) is 0 Å². The summed E-state index contributed by atoms with van der Waals surface area (Å²) in [6.45, 7) is 1.12. The van der Waals surface area contributed by atoms with Crippen molar-refractivity contribution in [2.75, 3.05) is 23.8 Å². The third-order valence-electron chi connectivity index (χ3n) is 4.98. The second-order valence-electron chi connectivity index (χ2n) is 7.32. The van der Waals surface area contributed by atoms with E-state index in [9.17, 15) is 19.2 Å². The van der Waals surface area contributed by atoms with Crippen molar-refractivity contribution in [3.8, 4) is 0 Å². The fourth-order valence-corrected chi connectivity index (χ4v) is 3.57. The Balaban J connectivity index is 1.75. The summed E-state index contributed by atoms with van der Waals surface area (Å²) in [5.74, 6) is -1.65. The topological polar surface area (TPSA) is 127 Å². The molecule has 0 aliphatic carbocycles. The highest BCUT2D eigenvalue weighted by Crippen LogP contribution is 2.23. The first-order valence-electron chi connectivity index (χ1n) is 10.5. The average Bonchev–Trinajstić information content (AvgIpc) is 2.84. The summed E-state index contributed by atoms with van der Waals surface area (Å²) >= 11 is 11.8. The van der Waals surface area contributed by atoms with Gasteiger partial charge < -0.3 is 15.4 Å². The molecule has 11 heteroatoms. The highest BCUT2D eigenvalue weighted by atomic mass is 35.5. The Hall–Kier alpha value is -3.82. The molecule has 0 spiro atoms. The molecule has 1 amide bonds. The minimum Gasteiger partial charge on any atom is -0.452 e. The average molecular weight is 517 g/mol. The van der Waals surface area contributed by atoms with Crippen LogP contribution in [0.3, 0.4) is 0 Å². The summed E-state index contributed by atoms with van der Waals surface area (Å²) in [5, 5.41) is 0.702. The number of esters is 1. The number of nitrogen functional groups attached to an aromatic ring is 1. The summed E-state index contributed by atoms with van der Waals surface area (Å²) in [6.07, 6.45) is 2.58. The maximum Gasteiger partial charge on any atom is 0.331 e. The van der Waals surface area contributed by atoms with Gasteiger partial charge in [0.2, 0.25) is 0 Å². The van der Waals surface area contributed by atoms with E-state index in [1.165, 1.54) is 6.08 Å². The SMILES string of the molecule is CCN(C(=O)COC(=O)/C=C/c1ccc(Cl)c(Cl)c1)c1c(N)n(Cc2ccccc2)c(=O)[nH]c1=O. The van der Waals surface area contributed by atoms with Crippen molar-refractivity contribution in [2.24, 2.45) is 0 Å². The maximum absolute atomic E-state index is 12.8. The van der Waals surface area contributed by atoms with E-state index in [1.807, 2.05) is 6.07 Å². The number of H-pyrrole nitrogens is 1. The molecule has 0 aliphatic rings. The first kappa shape index (κ1) is 25.8. The molecule has 1 aromatic heterocycles. The van der Waals surface area contributed by atoms with Crippen LogP contribution in [0.1, 0.15) is 18.1 Å². The van der Waals surface area contributed by atoms with Crippen LogP contribution in [0.4, 0.5) is 11.5 Å². The monoisotopic (exact) mass is 516 g/mol. The molecule has 0 bridgehead atoms. The van der Waals surface area contributed by atoms with Gasteiger partial charge >= 0.3 is 11.7 Å². The molecule has 35 heavy (non-hydrogen) atoms. The molecule has 2 aromatic carbocycles. The first-order chi connectivity index (χ1) is 16.7. The lowest BCUT2D eigenvalue weighted by Gasteiger charge is -2.23. The first-order valence-corrected chi connectivity index (χ1v) is 11.2. The molecule has 3 aromatic rings. The minimum absolute atomic E-state index is 0.0479. The van der Waals surface area contributed by atoms with Crippen molar-refractivity contribution in [1.82, 2.24) is 9.55 Å². The number of nitrogens with one attached hydrogen (secondary N) is 1. The molecule has 0 atom stereocenters. The molecule has 0 saturated carbocycles. The van der Waals surface area contributed by atoms with Crippen LogP contribution in [-0.4, -0.2) is 34.6 Å². The predicted octanol–water partition coefficient (Wildman–Crippen LogP) is 3.08. The smallest absolute Gasteiger partial charge is 0.331 e. The van der Waals surface area contributed by atoms with Crippen molar-refractivity contribution >= 4 is 52.7 Å². The van der Waals surface area contributed by atoms with Crippen molar-refractivity contribution in [3.63, 3.8) is 0 Å². The van der Waals surface area contributed by atoms with Gasteiger partial charge in [0.1, 0.15) is 5.82 Å². The molecule has 1 heterocycles. The van der Waals surface area contributed by atoms with Crippen LogP contribution in [0.2, 0.25) is 10.0 Å².